The van der Waals surface area contributed by atoms with Crippen LogP contribution in [0.3, 0.4) is 0 Å². The molecule has 1 amide bonds. The van der Waals surface area contributed by atoms with Crippen LogP contribution in [0.15, 0.2) is 11.4 Å². The lowest BCUT2D eigenvalue weighted by molar-refractivity contribution is 0.0947. The summed E-state index contributed by atoms with van der Waals surface area (Å²) >= 11 is 5.96. The highest BCUT2D eigenvalue weighted by Crippen LogP contribution is 2.16. The second-order valence-corrected chi connectivity index (χ2v) is 3.93. The Morgan fingerprint density at radius 2 is 2.36 bits per heavy atom. The molecule has 0 bridgehead atoms. The van der Waals surface area contributed by atoms with E-state index in [2.05, 4.69) is 23.1 Å². The van der Waals surface area contributed by atoms with Gasteiger partial charge in [-0.05, 0) is 35.6 Å². The van der Waals surface area contributed by atoms with Gasteiger partial charge in [-0.1, -0.05) is 6.92 Å². The van der Waals surface area contributed by atoms with Crippen molar-refractivity contribution in [3.63, 3.8) is 0 Å². The van der Waals surface area contributed by atoms with Crippen molar-refractivity contribution in [3.8, 4) is 0 Å². The van der Waals surface area contributed by atoms with Crippen molar-refractivity contribution in [2.24, 2.45) is 5.73 Å². The molecule has 4 N–H and O–H groups in total. The third-order valence-corrected chi connectivity index (χ3v) is 2.69. The lowest BCUT2D eigenvalue weighted by atomic mass is 10.2. The molecule has 0 aliphatic heterocycles. The number of carbonyl (C=O) groups excluding carboxylic acids is 1. The highest BCUT2D eigenvalue weighted by Gasteiger charge is 2.11. The molecule has 6 heteroatoms. The molecule has 1 rings (SSSR count). The first-order valence-corrected chi connectivity index (χ1v) is 5.36. The van der Waals surface area contributed by atoms with Gasteiger partial charge in [0.2, 0.25) is 0 Å². The minimum absolute atomic E-state index is 0.0490. The Morgan fingerprint density at radius 3 is 2.93 bits per heavy atom. The number of hydrogen-bond acceptors (Lipinski definition) is 3. The maximum absolute atomic E-state index is 11.5. The number of amides is 1. The standard InChI is InChI=1S/C8H11N3OS2/c1-2-5-3-4-14-6(5)7(12)10-11-8(9)13/h3-4H,2H2,1H3,(H,10,12)(H3,9,11,13). The van der Waals surface area contributed by atoms with Gasteiger partial charge in [-0.15, -0.1) is 11.3 Å². The van der Waals surface area contributed by atoms with Crippen LogP contribution in [0.1, 0.15) is 22.2 Å². The highest BCUT2D eigenvalue weighted by molar-refractivity contribution is 7.80. The summed E-state index contributed by atoms with van der Waals surface area (Å²) in [5.74, 6) is -0.204. The number of thiocarbonyl (C=S) groups is 1. The summed E-state index contributed by atoms with van der Waals surface area (Å²) in [6.45, 7) is 2.00. The van der Waals surface area contributed by atoms with Gasteiger partial charge in [-0.3, -0.25) is 15.6 Å². The number of nitrogens with two attached hydrogens (primary N) is 1. The molecule has 0 saturated heterocycles. The molecular weight excluding hydrogens is 218 g/mol. The van der Waals surface area contributed by atoms with Crippen molar-refractivity contribution >= 4 is 34.6 Å². The first-order chi connectivity index (χ1) is 6.65. The van der Waals surface area contributed by atoms with Crippen molar-refractivity contribution in [1.82, 2.24) is 10.9 Å². The lowest BCUT2D eigenvalue weighted by Gasteiger charge is -2.05. The number of carbonyl (C=O) groups is 1. The Bertz CT molecular complexity index is 348. The summed E-state index contributed by atoms with van der Waals surface area (Å²) in [6, 6.07) is 1.93. The minimum Gasteiger partial charge on any atom is -0.375 e. The smallest absolute Gasteiger partial charge is 0.280 e. The molecular formula is C8H11N3OS2. The van der Waals surface area contributed by atoms with Crippen LogP contribution in [0.4, 0.5) is 0 Å². The van der Waals surface area contributed by atoms with E-state index in [-0.39, 0.29) is 11.0 Å². The number of rotatable bonds is 2. The van der Waals surface area contributed by atoms with E-state index in [1.807, 2.05) is 18.4 Å². The van der Waals surface area contributed by atoms with Gasteiger partial charge in [-0.2, -0.15) is 0 Å². The summed E-state index contributed by atoms with van der Waals surface area (Å²) in [6.07, 6.45) is 0.833. The number of thiophene rings is 1. The Kier molecular flexibility index (Phi) is 3.84. The van der Waals surface area contributed by atoms with Crippen molar-refractivity contribution < 1.29 is 4.79 Å². The zero-order chi connectivity index (χ0) is 10.6. The topological polar surface area (TPSA) is 67.2 Å². The SMILES string of the molecule is CCc1ccsc1C(=O)NNC(N)=S. The fourth-order valence-electron chi connectivity index (χ4n) is 0.988. The van der Waals surface area contributed by atoms with Gasteiger partial charge in [0.15, 0.2) is 5.11 Å². The van der Waals surface area contributed by atoms with Crippen LogP contribution in [-0.2, 0) is 6.42 Å². The van der Waals surface area contributed by atoms with Gasteiger partial charge in [0.05, 0.1) is 4.88 Å². The molecule has 76 valence electrons. The molecule has 1 aromatic rings. The monoisotopic (exact) mass is 229 g/mol. The molecule has 0 aliphatic carbocycles. The quantitative estimate of drug-likeness (QED) is 0.518. The van der Waals surface area contributed by atoms with Crippen LogP contribution < -0.4 is 16.6 Å². The molecule has 0 radical (unpaired) electrons. The number of nitrogens with one attached hydrogen (secondary N) is 2. The van der Waals surface area contributed by atoms with Crippen molar-refractivity contribution in [2.75, 3.05) is 0 Å². The van der Waals surface area contributed by atoms with Crippen LogP contribution in [0, 0.1) is 0 Å². The predicted octanol–water partition coefficient (Wildman–Crippen LogP) is 0.789. The van der Waals surface area contributed by atoms with Gasteiger partial charge < -0.3 is 5.73 Å². The van der Waals surface area contributed by atoms with E-state index in [0.717, 1.165) is 12.0 Å². The predicted molar refractivity (Wildman–Crippen MR) is 61.1 cm³/mol. The number of hydrogen-bond donors (Lipinski definition) is 3. The Morgan fingerprint density at radius 1 is 1.64 bits per heavy atom. The molecule has 0 aromatic carbocycles. The highest BCUT2D eigenvalue weighted by atomic mass is 32.1. The molecule has 0 spiro atoms. The molecule has 0 unspecified atom stereocenters. The van der Waals surface area contributed by atoms with Crippen LogP contribution in [-0.4, -0.2) is 11.0 Å². The maximum Gasteiger partial charge on any atom is 0.280 e. The third kappa shape index (κ3) is 2.68. The van der Waals surface area contributed by atoms with E-state index in [4.69, 9.17) is 5.73 Å². The van der Waals surface area contributed by atoms with Crippen molar-refractivity contribution in [1.29, 1.82) is 0 Å². The van der Waals surface area contributed by atoms with Crippen molar-refractivity contribution in [2.45, 2.75) is 13.3 Å². The normalized spacial score (nSPS) is 9.50. The molecule has 0 fully saturated rings. The Hall–Kier alpha value is -1.14. The lowest BCUT2D eigenvalue weighted by Crippen LogP contribution is -2.44. The van der Waals surface area contributed by atoms with E-state index >= 15 is 0 Å². The molecule has 1 heterocycles. The van der Waals surface area contributed by atoms with E-state index in [9.17, 15) is 4.79 Å². The zero-order valence-corrected chi connectivity index (χ0v) is 9.30. The molecule has 1 aromatic heterocycles. The average molecular weight is 229 g/mol. The van der Waals surface area contributed by atoms with Gasteiger partial charge in [0.25, 0.3) is 5.91 Å². The summed E-state index contributed by atoms with van der Waals surface area (Å²) in [5.41, 5.74) is 11.0. The zero-order valence-electron chi connectivity index (χ0n) is 7.66. The van der Waals surface area contributed by atoms with Gasteiger partial charge in [0, 0.05) is 0 Å². The van der Waals surface area contributed by atoms with Crippen molar-refractivity contribution in [3.05, 3.63) is 21.9 Å². The Labute approximate surface area is 91.5 Å². The number of aryl methyl sites for hydroxylation is 1. The molecule has 0 aliphatic rings. The second kappa shape index (κ2) is 4.92. The van der Waals surface area contributed by atoms with Crippen LogP contribution in [0.5, 0.6) is 0 Å². The molecule has 4 nitrogen and oxygen atoms in total. The van der Waals surface area contributed by atoms with Gasteiger partial charge in [0.1, 0.15) is 0 Å². The summed E-state index contributed by atoms with van der Waals surface area (Å²) in [4.78, 5) is 12.2. The number of hydrazine groups is 1. The molecule has 14 heavy (non-hydrogen) atoms. The van der Waals surface area contributed by atoms with Gasteiger partial charge in [-0.25, -0.2) is 0 Å². The first kappa shape index (κ1) is 10.9. The second-order valence-electron chi connectivity index (χ2n) is 2.57. The van der Waals surface area contributed by atoms with E-state index < -0.39 is 0 Å². The third-order valence-electron chi connectivity index (χ3n) is 1.63. The molecule has 0 atom stereocenters. The van der Waals surface area contributed by atoms with Crippen LogP contribution in [0.25, 0.3) is 0 Å². The largest absolute Gasteiger partial charge is 0.375 e. The summed E-state index contributed by atoms with van der Waals surface area (Å²) in [7, 11) is 0. The van der Waals surface area contributed by atoms with E-state index in [1.54, 1.807) is 0 Å². The van der Waals surface area contributed by atoms with E-state index in [1.165, 1.54) is 11.3 Å². The maximum atomic E-state index is 11.5. The summed E-state index contributed by atoms with van der Waals surface area (Å²) < 4.78 is 0. The van der Waals surface area contributed by atoms with E-state index in [0.29, 0.717) is 4.88 Å². The average Bonchev–Trinajstić information content (AvgIpc) is 2.61. The van der Waals surface area contributed by atoms with Crippen LogP contribution >= 0.6 is 23.6 Å². The fraction of sp³-hybridized carbons (Fsp3) is 0.250. The van der Waals surface area contributed by atoms with Crippen LogP contribution in [0.2, 0.25) is 0 Å². The first-order valence-electron chi connectivity index (χ1n) is 4.07. The minimum atomic E-state index is -0.204. The molecule has 0 saturated carbocycles. The fourth-order valence-corrected chi connectivity index (χ4v) is 1.93. The summed E-state index contributed by atoms with van der Waals surface area (Å²) in [5, 5.41) is 1.93. The van der Waals surface area contributed by atoms with Gasteiger partial charge >= 0.3 is 0 Å². The Balaban J connectivity index is 2.64.